The van der Waals surface area contributed by atoms with Crippen LogP contribution in [0.2, 0.25) is 0 Å². The maximum absolute atomic E-state index is 15.1. The van der Waals surface area contributed by atoms with Crippen LogP contribution < -0.4 is 9.46 Å². The van der Waals surface area contributed by atoms with E-state index in [4.69, 9.17) is 4.74 Å². The lowest BCUT2D eigenvalue weighted by molar-refractivity contribution is -0.0311. The second kappa shape index (κ2) is 16.2. The van der Waals surface area contributed by atoms with Gasteiger partial charge in [0, 0.05) is 58.9 Å². The molecule has 2 aromatic carbocycles. The SMILES string of the molecule is CCCC(CCC)c1c2n(c3cc(C(=O)NSN(C)C)ccc13)CC(c1c(C(=O)N3CCN(C)CC(F)(F)C3)nnn1C(C)C)=Cc1cc(OC)ccc1-2. The normalized spacial score (nSPS) is 16.0. The first-order valence-corrected chi connectivity index (χ1v) is 19.5. The van der Waals surface area contributed by atoms with Crippen molar-refractivity contribution >= 4 is 46.5 Å². The Bertz CT molecular complexity index is 2050. The Balaban J connectivity index is 1.61. The van der Waals surface area contributed by atoms with Crippen LogP contribution >= 0.6 is 12.1 Å². The number of nitrogens with one attached hydrogen (secondary N) is 1. The third kappa shape index (κ3) is 7.92. The maximum Gasteiger partial charge on any atom is 0.277 e. The van der Waals surface area contributed by atoms with Crippen LogP contribution in [0.3, 0.4) is 0 Å². The van der Waals surface area contributed by atoms with E-state index >= 15 is 8.78 Å². The molecule has 290 valence electrons. The van der Waals surface area contributed by atoms with Crippen molar-refractivity contribution in [3.8, 4) is 17.0 Å². The van der Waals surface area contributed by atoms with Gasteiger partial charge in [-0.1, -0.05) is 38.0 Å². The quantitative estimate of drug-likeness (QED) is 0.147. The monoisotopic (exact) mass is 762 g/mol. The van der Waals surface area contributed by atoms with Gasteiger partial charge in [-0.15, -0.1) is 5.10 Å². The molecule has 0 spiro atoms. The molecule has 4 heterocycles. The lowest BCUT2D eigenvalue weighted by Crippen LogP contribution is -2.42. The molecule has 11 nitrogen and oxygen atoms in total. The maximum atomic E-state index is 15.1. The van der Waals surface area contributed by atoms with Gasteiger partial charge in [-0.05, 0) is 101 Å². The van der Waals surface area contributed by atoms with Crippen molar-refractivity contribution < 1.29 is 23.1 Å². The molecular weight excluding hydrogens is 711 g/mol. The van der Waals surface area contributed by atoms with Crippen molar-refractivity contribution in [1.82, 2.24) is 38.4 Å². The van der Waals surface area contributed by atoms with Crippen LogP contribution in [0.4, 0.5) is 8.78 Å². The second-order valence-electron chi connectivity index (χ2n) is 15.0. The highest BCUT2D eigenvalue weighted by molar-refractivity contribution is 7.95. The minimum Gasteiger partial charge on any atom is -0.497 e. The summed E-state index contributed by atoms with van der Waals surface area (Å²) in [7, 11) is 7.00. The minimum absolute atomic E-state index is 0.0375. The predicted octanol–water partition coefficient (Wildman–Crippen LogP) is 7.60. The number of rotatable bonds is 12. The third-order valence-corrected chi connectivity index (χ3v) is 10.8. The highest BCUT2D eigenvalue weighted by atomic mass is 32.2. The Morgan fingerprint density at radius 1 is 1.04 bits per heavy atom. The van der Waals surface area contributed by atoms with E-state index in [2.05, 4.69) is 51.7 Å². The van der Waals surface area contributed by atoms with E-state index in [9.17, 15) is 9.59 Å². The molecule has 0 bridgehead atoms. The molecule has 6 rings (SSSR count). The first-order valence-electron chi connectivity index (χ1n) is 18.8. The molecule has 1 fully saturated rings. The Labute approximate surface area is 320 Å². The number of fused-ring (bicyclic) bond motifs is 5. The summed E-state index contributed by atoms with van der Waals surface area (Å²) < 4.78 is 44.5. The van der Waals surface area contributed by atoms with Crippen molar-refractivity contribution in [3.05, 3.63) is 64.5 Å². The fraction of sp³-hybridized carbons (Fsp3) is 0.500. The Hall–Kier alpha value is -4.27. The molecule has 0 radical (unpaired) electrons. The highest BCUT2D eigenvalue weighted by Gasteiger charge is 2.40. The van der Waals surface area contributed by atoms with Crippen LogP contribution in [0.5, 0.6) is 5.75 Å². The number of methoxy groups -OCH3 is 1. The minimum atomic E-state index is -3.08. The topological polar surface area (TPSA) is 101 Å². The molecule has 0 unspecified atom stereocenters. The molecule has 4 aromatic rings. The highest BCUT2D eigenvalue weighted by Crippen LogP contribution is 2.47. The number of likely N-dealkylation sites (N-methyl/N-ethyl adjacent to an activating group) is 1. The smallest absolute Gasteiger partial charge is 0.277 e. The van der Waals surface area contributed by atoms with E-state index in [0.29, 0.717) is 30.1 Å². The molecule has 1 N–H and O–H groups in total. The van der Waals surface area contributed by atoms with E-state index in [0.717, 1.165) is 59.0 Å². The molecule has 2 amide bonds. The van der Waals surface area contributed by atoms with E-state index in [1.807, 2.05) is 56.5 Å². The molecule has 54 heavy (non-hydrogen) atoms. The van der Waals surface area contributed by atoms with Crippen molar-refractivity contribution in [1.29, 1.82) is 0 Å². The average molecular weight is 763 g/mol. The van der Waals surface area contributed by atoms with Crippen LogP contribution in [0.25, 0.3) is 33.8 Å². The number of allylic oxidation sites excluding steroid dienone is 1. The van der Waals surface area contributed by atoms with Crippen LogP contribution in [-0.2, 0) is 6.54 Å². The fourth-order valence-corrected chi connectivity index (χ4v) is 8.24. The summed E-state index contributed by atoms with van der Waals surface area (Å²) in [5, 5.41) is 9.94. The molecular formula is C40H52F2N8O3S. The summed E-state index contributed by atoms with van der Waals surface area (Å²) in [4.78, 5) is 30.6. The number of ether oxygens (including phenoxy) is 1. The summed E-state index contributed by atoms with van der Waals surface area (Å²) in [6.07, 6.45) is 6.05. The number of halogens is 2. The van der Waals surface area contributed by atoms with Crippen LogP contribution in [-0.4, -0.2) is 106 Å². The second-order valence-corrected chi connectivity index (χ2v) is 16.1. The summed E-state index contributed by atoms with van der Waals surface area (Å²) in [5.74, 6) is -2.94. The Kier molecular flexibility index (Phi) is 11.8. The summed E-state index contributed by atoms with van der Waals surface area (Å²) >= 11 is 1.21. The van der Waals surface area contributed by atoms with Gasteiger partial charge in [0.1, 0.15) is 5.75 Å². The Morgan fingerprint density at radius 3 is 2.44 bits per heavy atom. The lowest BCUT2D eigenvalue weighted by atomic mass is 9.86. The van der Waals surface area contributed by atoms with Crippen molar-refractivity contribution in [2.75, 3.05) is 54.4 Å². The molecule has 0 aliphatic carbocycles. The molecule has 0 saturated carbocycles. The number of hydrogen-bond acceptors (Lipinski definition) is 8. The number of alkyl halides is 2. The van der Waals surface area contributed by atoms with Crippen molar-refractivity contribution in [3.63, 3.8) is 0 Å². The zero-order valence-corrected chi connectivity index (χ0v) is 33.4. The van der Waals surface area contributed by atoms with Gasteiger partial charge in [0.25, 0.3) is 17.7 Å². The zero-order valence-electron chi connectivity index (χ0n) is 32.6. The number of nitrogens with zero attached hydrogens (tertiary/aromatic N) is 7. The zero-order chi connectivity index (χ0) is 38.9. The van der Waals surface area contributed by atoms with Crippen LogP contribution in [0.1, 0.15) is 103 Å². The first-order chi connectivity index (χ1) is 25.8. The molecule has 14 heteroatoms. The van der Waals surface area contributed by atoms with Crippen molar-refractivity contribution in [2.24, 2.45) is 0 Å². The number of carbonyl (C=O) groups excluding carboxylic acids is 2. The number of carbonyl (C=O) groups is 2. The summed E-state index contributed by atoms with van der Waals surface area (Å²) in [6.45, 7) is 7.97. The number of hydrogen-bond donors (Lipinski definition) is 1. The van der Waals surface area contributed by atoms with Crippen LogP contribution in [0, 0.1) is 0 Å². The lowest BCUT2D eigenvalue weighted by Gasteiger charge is -2.24. The third-order valence-electron chi connectivity index (χ3n) is 10.2. The molecule has 2 aliphatic heterocycles. The fourth-order valence-electron chi connectivity index (χ4n) is 7.85. The number of benzene rings is 2. The predicted molar refractivity (Wildman–Crippen MR) is 212 cm³/mol. The van der Waals surface area contributed by atoms with Gasteiger partial charge in [0.2, 0.25) is 0 Å². The van der Waals surface area contributed by atoms with E-state index in [1.54, 1.807) is 23.7 Å². The molecule has 1 saturated heterocycles. The molecule has 0 atom stereocenters. The van der Waals surface area contributed by atoms with Gasteiger partial charge >= 0.3 is 0 Å². The van der Waals surface area contributed by atoms with E-state index < -0.39 is 24.9 Å². The van der Waals surface area contributed by atoms with Gasteiger partial charge in [-0.2, -0.15) is 0 Å². The Morgan fingerprint density at radius 2 is 1.78 bits per heavy atom. The van der Waals surface area contributed by atoms with E-state index in [-0.39, 0.29) is 30.1 Å². The van der Waals surface area contributed by atoms with Gasteiger partial charge in [0.05, 0.1) is 38.1 Å². The van der Waals surface area contributed by atoms with Gasteiger partial charge in [0.15, 0.2) is 5.69 Å². The van der Waals surface area contributed by atoms with Gasteiger partial charge < -0.3 is 14.2 Å². The summed E-state index contributed by atoms with van der Waals surface area (Å²) in [6, 6.07) is 11.8. The average Bonchev–Trinajstić information content (AvgIpc) is 3.61. The molecule has 2 aromatic heterocycles. The number of aromatic nitrogens is 4. The van der Waals surface area contributed by atoms with Gasteiger partial charge in [-0.25, -0.2) is 17.8 Å². The molecule has 2 aliphatic rings. The van der Waals surface area contributed by atoms with Gasteiger partial charge in [-0.3, -0.25) is 19.2 Å². The first kappa shape index (κ1) is 39.4. The summed E-state index contributed by atoms with van der Waals surface area (Å²) in [5.41, 5.74) is 6.83. The largest absolute Gasteiger partial charge is 0.497 e. The standard InChI is InChI=1S/C40H52F2N8O3S/c1-9-11-26(12-10-2)34-32-15-13-27(38(51)44-54-46(5)6)21-33(32)49-22-29(19-28-20-30(53-8)14-16-31(28)37(34)49)36-35(43-45-50(36)25(3)4)39(52)48-18-17-47(7)23-40(41,42)24-48/h13-16,19-21,25-26H,9-12,17-18,22-24H2,1-8H3,(H,44,51). The van der Waals surface area contributed by atoms with E-state index in [1.165, 1.54) is 22.6 Å². The van der Waals surface area contributed by atoms with Crippen molar-refractivity contribution in [2.45, 2.75) is 77.8 Å². The number of amides is 2. The van der Waals surface area contributed by atoms with Crippen LogP contribution in [0.15, 0.2) is 36.4 Å².